The normalized spacial score (nSPS) is 24.4. The molecular formula is C24H36O. The van der Waals surface area contributed by atoms with Gasteiger partial charge in [-0.2, -0.15) is 0 Å². The molecule has 138 valence electrons. The molecule has 0 N–H and O–H groups in total. The number of hydrogen-bond donors (Lipinski definition) is 0. The van der Waals surface area contributed by atoms with E-state index >= 15 is 0 Å². The number of aryl methyl sites for hydroxylation is 1. The lowest BCUT2D eigenvalue weighted by atomic mass is 9.66. The Balaban J connectivity index is 2.08. The van der Waals surface area contributed by atoms with Gasteiger partial charge >= 0.3 is 0 Å². The van der Waals surface area contributed by atoms with Gasteiger partial charge in [0.15, 0.2) is 0 Å². The van der Waals surface area contributed by atoms with Gasteiger partial charge in [-0.25, -0.2) is 0 Å². The number of fused-ring (bicyclic) bond motifs is 3. The van der Waals surface area contributed by atoms with Crippen LogP contribution in [0.5, 0.6) is 5.75 Å². The molecule has 2 atom stereocenters. The Morgan fingerprint density at radius 3 is 2.64 bits per heavy atom. The van der Waals surface area contributed by atoms with Gasteiger partial charge in [0, 0.05) is 17.4 Å². The van der Waals surface area contributed by atoms with Crippen LogP contribution < -0.4 is 4.74 Å². The average molecular weight is 341 g/mol. The van der Waals surface area contributed by atoms with Crippen LogP contribution in [0.15, 0.2) is 23.8 Å². The summed E-state index contributed by atoms with van der Waals surface area (Å²) in [4.78, 5) is 0. The van der Waals surface area contributed by atoms with Crippen LogP contribution in [0.25, 0.3) is 0 Å². The largest absolute Gasteiger partial charge is 0.487 e. The van der Waals surface area contributed by atoms with Gasteiger partial charge in [0.1, 0.15) is 11.4 Å². The minimum Gasteiger partial charge on any atom is -0.487 e. The highest BCUT2D eigenvalue weighted by Gasteiger charge is 2.45. The Morgan fingerprint density at radius 2 is 1.96 bits per heavy atom. The first-order chi connectivity index (χ1) is 11.8. The third-order valence-electron chi connectivity index (χ3n) is 6.27. The maximum Gasteiger partial charge on any atom is 0.124 e. The highest BCUT2D eigenvalue weighted by molar-refractivity contribution is 5.52. The van der Waals surface area contributed by atoms with E-state index in [-0.39, 0.29) is 5.60 Å². The molecule has 0 spiro atoms. The van der Waals surface area contributed by atoms with Gasteiger partial charge in [-0.3, -0.25) is 0 Å². The second kappa shape index (κ2) is 7.17. The minimum absolute atomic E-state index is 0.0782. The van der Waals surface area contributed by atoms with E-state index in [0.29, 0.717) is 17.8 Å². The fourth-order valence-electron chi connectivity index (χ4n) is 4.84. The summed E-state index contributed by atoms with van der Waals surface area (Å²) in [5.41, 5.74) is 5.93. The number of ether oxygens (including phenoxy) is 1. The minimum atomic E-state index is -0.0782. The molecule has 0 saturated heterocycles. The van der Waals surface area contributed by atoms with E-state index in [4.69, 9.17) is 4.74 Å². The van der Waals surface area contributed by atoms with Crippen molar-refractivity contribution in [2.75, 3.05) is 0 Å². The van der Waals surface area contributed by atoms with Crippen LogP contribution in [0, 0.1) is 5.92 Å². The third kappa shape index (κ3) is 3.66. The number of unbranched alkanes of at least 4 members (excludes halogenated alkanes) is 2. The topological polar surface area (TPSA) is 9.23 Å². The van der Waals surface area contributed by atoms with E-state index in [9.17, 15) is 0 Å². The molecular weight excluding hydrogens is 304 g/mol. The van der Waals surface area contributed by atoms with Crippen LogP contribution >= 0.6 is 0 Å². The van der Waals surface area contributed by atoms with Gasteiger partial charge in [-0.15, -0.1) is 0 Å². The van der Waals surface area contributed by atoms with Crippen molar-refractivity contribution < 1.29 is 4.74 Å². The van der Waals surface area contributed by atoms with Crippen LogP contribution in [0.1, 0.15) is 102 Å². The van der Waals surface area contributed by atoms with Crippen molar-refractivity contribution in [2.24, 2.45) is 5.92 Å². The maximum absolute atomic E-state index is 6.63. The summed E-state index contributed by atoms with van der Waals surface area (Å²) in [5, 5.41) is 0. The van der Waals surface area contributed by atoms with Crippen molar-refractivity contribution >= 4 is 0 Å². The molecule has 0 unspecified atom stereocenters. The highest BCUT2D eigenvalue weighted by Crippen LogP contribution is 2.52. The van der Waals surface area contributed by atoms with Gasteiger partial charge in [0.05, 0.1) is 0 Å². The summed E-state index contributed by atoms with van der Waals surface area (Å²) in [7, 11) is 0. The summed E-state index contributed by atoms with van der Waals surface area (Å²) in [6, 6.07) is 4.84. The standard InChI is InChI=1S/C24H36O/c1-7-8-9-10-18-14-19(16(2)3)23-20-13-17(4)11-12-21(20)24(5,6)25-22(23)15-18/h13-16,20-21H,7-12H2,1-6H3/t20-,21-/m1/s1. The van der Waals surface area contributed by atoms with Crippen molar-refractivity contribution in [3.8, 4) is 5.75 Å². The molecule has 1 aliphatic heterocycles. The van der Waals surface area contributed by atoms with Gasteiger partial charge in [0.25, 0.3) is 0 Å². The third-order valence-corrected chi connectivity index (χ3v) is 6.27. The summed E-state index contributed by atoms with van der Waals surface area (Å²) in [5.74, 6) is 2.82. The molecule has 1 heterocycles. The number of benzene rings is 1. The van der Waals surface area contributed by atoms with Crippen molar-refractivity contribution in [2.45, 2.75) is 97.5 Å². The summed E-state index contributed by atoms with van der Waals surface area (Å²) < 4.78 is 6.63. The van der Waals surface area contributed by atoms with Crippen molar-refractivity contribution in [1.82, 2.24) is 0 Å². The van der Waals surface area contributed by atoms with Gasteiger partial charge in [0.2, 0.25) is 0 Å². The fraction of sp³-hybridized carbons (Fsp3) is 0.667. The fourth-order valence-corrected chi connectivity index (χ4v) is 4.84. The molecule has 0 bridgehead atoms. The zero-order valence-electron chi connectivity index (χ0n) is 17.1. The molecule has 1 aromatic rings. The van der Waals surface area contributed by atoms with Crippen LogP contribution in [-0.2, 0) is 6.42 Å². The van der Waals surface area contributed by atoms with E-state index in [1.165, 1.54) is 55.2 Å². The molecule has 1 nitrogen and oxygen atoms in total. The molecule has 1 heteroatoms. The molecule has 0 radical (unpaired) electrons. The van der Waals surface area contributed by atoms with Crippen molar-refractivity contribution in [1.29, 1.82) is 0 Å². The summed E-state index contributed by atoms with van der Waals surface area (Å²) in [6.45, 7) is 13.8. The van der Waals surface area contributed by atoms with Crippen LogP contribution in [0.3, 0.4) is 0 Å². The molecule has 0 amide bonds. The predicted molar refractivity (Wildman–Crippen MR) is 108 cm³/mol. The molecule has 1 aromatic carbocycles. The molecule has 25 heavy (non-hydrogen) atoms. The Labute approximate surface area is 154 Å². The summed E-state index contributed by atoms with van der Waals surface area (Å²) >= 11 is 0. The lowest BCUT2D eigenvalue weighted by Crippen LogP contribution is -2.45. The van der Waals surface area contributed by atoms with Crippen molar-refractivity contribution in [3.63, 3.8) is 0 Å². The SMILES string of the molecule is CCCCCc1cc2c(c(C(C)C)c1)[C@@H]1C=C(C)CC[C@H]1C(C)(C)O2. The molecule has 0 saturated carbocycles. The Bertz CT molecular complexity index is 650. The van der Waals surface area contributed by atoms with Gasteiger partial charge < -0.3 is 4.74 Å². The molecule has 0 aromatic heterocycles. The zero-order chi connectivity index (χ0) is 18.2. The first-order valence-electron chi connectivity index (χ1n) is 10.4. The molecule has 3 rings (SSSR count). The van der Waals surface area contributed by atoms with E-state index < -0.39 is 0 Å². The smallest absolute Gasteiger partial charge is 0.124 e. The van der Waals surface area contributed by atoms with E-state index in [2.05, 4.69) is 59.8 Å². The second-order valence-electron chi connectivity index (χ2n) is 9.10. The van der Waals surface area contributed by atoms with E-state index in [1.807, 2.05) is 0 Å². The van der Waals surface area contributed by atoms with Gasteiger partial charge in [-0.1, -0.05) is 51.3 Å². The lowest BCUT2D eigenvalue weighted by molar-refractivity contribution is 0.0111. The predicted octanol–water partition coefficient (Wildman–Crippen LogP) is 7.15. The number of allylic oxidation sites excluding steroid dienone is 2. The molecule has 1 aliphatic carbocycles. The quantitative estimate of drug-likeness (QED) is 0.408. The van der Waals surface area contributed by atoms with Gasteiger partial charge in [-0.05, 0) is 69.6 Å². The van der Waals surface area contributed by atoms with Crippen LogP contribution in [-0.4, -0.2) is 5.60 Å². The second-order valence-corrected chi connectivity index (χ2v) is 9.10. The highest BCUT2D eigenvalue weighted by atomic mass is 16.5. The molecule has 2 aliphatic rings. The average Bonchev–Trinajstić information content (AvgIpc) is 2.53. The first-order valence-corrected chi connectivity index (χ1v) is 10.4. The molecule has 0 fully saturated rings. The number of rotatable bonds is 5. The van der Waals surface area contributed by atoms with E-state index in [1.54, 1.807) is 5.57 Å². The zero-order valence-corrected chi connectivity index (χ0v) is 17.1. The van der Waals surface area contributed by atoms with Crippen LogP contribution in [0.2, 0.25) is 0 Å². The van der Waals surface area contributed by atoms with Crippen molar-refractivity contribution in [3.05, 3.63) is 40.5 Å². The number of hydrogen-bond acceptors (Lipinski definition) is 1. The van der Waals surface area contributed by atoms with E-state index in [0.717, 1.165) is 5.75 Å². The summed E-state index contributed by atoms with van der Waals surface area (Å²) in [6.07, 6.45) is 10.0. The maximum atomic E-state index is 6.63. The first kappa shape index (κ1) is 18.5. The van der Waals surface area contributed by atoms with Crippen LogP contribution in [0.4, 0.5) is 0 Å². The lowest BCUT2D eigenvalue weighted by Gasteiger charge is -2.47. The monoisotopic (exact) mass is 340 g/mol. The Morgan fingerprint density at radius 1 is 1.20 bits per heavy atom. The Kier molecular flexibility index (Phi) is 5.32. The Hall–Kier alpha value is -1.24.